The van der Waals surface area contributed by atoms with E-state index in [-0.39, 0.29) is 6.61 Å². The Hall–Kier alpha value is -1.09. The van der Waals surface area contributed by atoms with Crippen LogP contribution < -0.4 is 4.57 Å². The minimum Gasteiger partial charge on any atom is -0.392 e. The highest BCUT2D eigenvalue weighted by Crippen LogP contribution is 1.81. The Labute approximate surface area is 59.8 Å². The van der Waals surface area contributed by atoms with Gasteiger partial charge in [-0.1, -0.05) is 6.58 Å². The molecule has 1 heterocycles. The molecule has 1 N–H and O–H groups in total. The summed E-state index contributed by atoms with van der Waals surface area (Å²) in [4.78, 5) is 0. The molecule has 1 aromatic heterocycles. The Morgan fingerprint density at radius 1 is 1.70 bits per heavy atom. The van der Waals surface area contributed by atoms with E-state index in [0.717, 1.165) is 0 Å². The molecule has 0 saturated heterocycles. The molecule has 0 aromatic carbocycles. The predicted molar refractivity (Wildman–Crippen MR) is 38.1 cm³/mol. The zero-order valence-corrected chi connectivity index (χ0v) is 5.77. The summed E-state index contributed by atoms with van der Waals surface area (Å²) in [5, 5.41) is 8.55. The largest absolute Gasteiger partial charge is 0.392 e. The fourth-order valence-electron chi connectivity index (χ4n) is 0.767. The van der Waals surface area contributed by atoms with Gasteiger partial charge in [0.2, 0.25) is 6.33 Å². The van der Waals surface area contributed by atoms with Gasteiger partial charge in [0, 0.05) is 0 Å². The molecule has 0 radical (unpaired) electrons. The molecule has 10 heavy (non-hydrogen) atoms. The van der Waals surface area contributed by atoms with Crippen molar-refractivity contribution in [2.75, 3.05) is 6.61 Å². The van der Waals surface area contributed by atoms with Gasteiger partial charge in [-0.2, -0.15) is 0 Å². The van der Waals surface area contributed by atoms with E-state index < -0.39 is 0 Å². The molecule has 0 unspecified atom stereocenters. The summed E-state index contributed by atoms with van der Waals surface area (Å²) in [6.07, 6.45) is 7.33. The number of rotatable bonds is 3. The van der Waals surface area contributed by atoms with Crippen molar-refractivity contribution < 1.29 is 9.67 Å². The molecule has 1 aromatic rings. The SMILES string of the molecule is C=Cn1cc[n+](CCO)c1. The quantitative estimate of drug-likeness (QED) is 0.581. The molecule has 0 amide bonds. The van der Waals surface area contributed by atoms with Crippen LogP contribution in [0.15, 0.2) is 25.3 Å². The number of imidazole rings is 1. The van der Waals surface area contributed by atoms with Crippen LogP contribution >= 0.6 is 0 Å². The number of aromatic nitrogens is 2. The van der Waals surface area contributed by atoms with Crippen LogP contribution in [0, 0.1) is 0 Å². The first-order valence-corrected chi connectivity index (χ1v) is 3.17. The van der Waals surface area contributed by atoms with E-state index in [9.17, 15) is 0 Å². The molecule has 0 spiro atoms. The minimum absolute atomic E-state index is 0.172. The van der Waals surface area contributed by atoms with Gasteiger partial charge in [0.15, 0.2) is 0 Å². The lowest BCUT2D eigenvalue weighted by atomic mass is 10.7. The maximum absolute atomic E-state index is 8.55. The Kier molecular flexibility index (Phi) is 2.23. The molecule has 3 nitrogen and oxygen atoms in total. The normalized spacial score (nSPS) is 9.70. The van der Waals surface area contributed by atoms with Gasteiger partial charge in [0.25, 0.3) is 0 Å². The second-order valence-electron chi connectivity index (χ2n) is 2.00. The maximum Gasteiger partial charge on any atom is 0.248 e. The lowest BCUT2D eigenvalue weighted by Gasteiger charge is -1.86. The van der Waals surface area contributed by atoms with Gasteiger partial charge in [-0.15, -0.1) is 0 Å². The molecule has 0 aliphatic carbocycles. The number of aliphatic hydroxyl groups is 1. The zero-order chi connectivity index (χ0) is 7.40. The Balaban J connectivity index is 2.68. The third-order valence-corrected chi connectivity index (χ3v) is 1.28. The lowest BCUT2D eigenvalue weighted by molar-refractivity contribution is -0.697. The van der Waals surface area contributed by atoms with E-state index >= 15 is 0 Å². The Morgan fingerprint density at radius 3 is 3.00 bits per heavy atom. The van der Waals surface area contributed by atoms with E-state index in [1.54, 1.807) is 6.20 Å². The van der Waals surface area contributed by atoms with E-state index in [1.165, 1.54) is 0 Å². The van der Waals surface area contributed by atoms with E-state index in [2.05, 4.69) is 6.58 Å². The summed E-state index contributed by atoms with van der Waals surface area (Å²) < 4.78 is 3.72. The Bertz CT molecular complexity index is 217. The summed E-state index contributed by atoms with van der Waals surface area (Å²) in [5.74, 6) is 0. The first kappa shape index (κ1) is 7.02. The van der Waals surface area contributed by atoms with Crippen LogP contribution in [-0.2, 0) is 6.54 Å². The Morgan fingerprint density at radius 2 is 2.50 bits per heavy atom. The van der Waals surface area contributed by atoms with Gasteiger partial charge in [0.05, 0.1) is 12.8 Å². The first-order valence-electron chi connectivity index (χ1n) is 3.17. The second-order valence-corrected chi connectivity index (χ2v) is 2.00. The van der Waals surface area contributed by atoms with Crippen molar-refractivity contribution in [2.45, 2.75) is 6.54 Å². The van der Waals surface area contributed by atoms with E-state index in [1.807, 2.05) is 27.9 Å². The third kappa shape index (κ3) is 1.45. The van der Waals surface area contributed by atoms with Gasteiger partial charge in [-0.25, -0.2) is 9.13 Å². The molecule has 0 aliphatic rings. The van der Waals surface area contributed by atoms with Gasteiger partial charge < -0.3 is 5.11 Å². The standard InChI is InChI=1S/C7H11N2O/c1-2-8-3-4-9(7-8)5-6-10/h2-4,7,10H,1,5-6H2/q+1. The van der Waals surface area contributed by atoms with Crippen molar-refractivity contribution >= 4 is 6.20 Å². The molecule has 0 bridgehead atoms. The van der Waals surface area contributed by atoms with Crippen LogP contribution in [0.25, 0.3) is 6.20 Å². The van der Waals surface area contributed by atoms with Gasteiger partial charge >= 0.3 is 0 Å². The maximum atomic E-state index is 8.55. The monoisotopic (exact) mass is 139 g/mol. The molecule has 3 heteroatoms. The fraction of sp³-hybridized carbons (Fsp3) is 0.286. The van der Waals surface area contributed by atoms with Gasteiger partial charge in [-0.05, 0) is 0 Å². The van der Waals surface area contributed by atoms with Crippen LogP contribution in [0.5, 0.6) is 0 Å². The highest BCUT2D eigenvalue weighted by atomic mass is 16.3. The molecule has 0 aliphatic heterocycles. The van der Waals surface area contributed by atoms with Crippen molar-refractivity contribution in [2.24, 2.45) is 0 Å². The molecule has 54 valence electrons. The van der Waals surface area contributed by atoms with Crippen molar-refractivity contribution in [3.8, 4) is 0 Å². The average Bonchev–Trinajstić information content (AvgIpc) is 2.37. The van der Waals surface area contributed by atoms with Crippen LogP contribution in [0.2, 0.25) is 0 Å². The topological polar surface area (TPSA) is 29.0 Å². The fourth-order valence-corrected chi connectivity index (χ4v) is 0.767. The third-order valence-electron chi connectivity index (χ3n) is 1.28. The van der Waals surface area contributed by atoms with Crippen molar-refractivity contribution in [3.05, 3.63) is 25.3 Å². The molecule has 0 saturated carbocycles. The van der Waals surface area contributed by atoms with Gasteiger partial charge in [0.1, 0.15) is 18.9 Å². The number of aliphatic hydroxyl groups excluding tert-OH is 1. The lowest BCUT2D eigenvalue weighted by Crippen LogP contribution is -2.32. The summed E-state index contributed by atoms with van der Waals surface area (Å²) in [7, 11) is 0. The zero-order valence-electron chi connectivity index (χ0n) is 5.77. The average molecular weight is 139 g/mol. The highest BCUT2D eigenvalue weighted by Gasteiger charge is 1.97. The van der Waals surface area contributed by atoms with Gasteiger partial charge in [-0.3, -0.25) is 0 Å². The highest BCUT2D eigenvalue weighted by molar-refractivity contribution is 5.12. The van der Waals surface area contributed by atoms with E-state index in [0.29, 0.717) is 6.54 Å². The van der Waals surface area contributed by atoms with Crippen molar-refractivity contribution in [1.82, 2.24) is 4.57 Å². The van der Waals surface area contributed by atoms with Crippen LogP contribution in [-0.4, -0.2) is 16.3 Å². The van der Waals surface area contributed by atoms with Crippen molar-refractivity contribution in [3.63, 3.8) is 0 Å². The molecule has 0 atom stereocenters. The minimum atomic E-state index is 0.172. The van der Waals surface area contributed by atoms with E-state index in [4.69, 9.17) is 5.11 Å². The first-order chi connectivity index (χ1) is 4.86. The van der Waals surface area contributed by atoms with Crippen LogP contribution in [0.3, 0.4) is 0 Å². The number of hydrogen-bond donors (Lipinski definition) is 1. The molecular formula is C7H11N2O+. The van der Waals surface area contributed by atoms with Crippen LogP contribution in [0.4, 0.5) is 0 Å². The molecule has 0 fully saturated rings. The number of hydrogen-bond acceptors (Lipinski definition) is 1. The smallest absolute Gasteiger partial charge is 0.248 e. The van der Waals surface area contributed by atoms with Crippen molar-refractivity contribution in [1.29, 1.82) is 0 Å². The molecule has 1 rings (SSSR count). The summed E-state index contributed by atoms with van der Waals surface area (Å²) in [6, 6.07) is 0. The second kappa shape index (κ2) is 3.17. The predicted octanol–water partition coefficient (Wildman–Crippen LogP) is -0.132. The number of nitrogens with zero attached hydrogens (tertiary/aromatic N) is 2. The summed E-state index contributed by atoms with van der Waals surface area (Å²) in [5.41, 5.74) is 0. The summed E-state index contributed by atoms with van der Waals surface area (Å²) in [6.45, 7) is 4.40. The molecular weight excluding hydrogens is 128 g/mol. The summed E-state index contributed by atoms with van der Waals surface area (Å²) >= 11 is 0. The van der Waals surface area contributed by atoms with Crippen LogP contribution in [0.1, 0.15) is 0 Å².